The fourth-order valence-electron chi connectivity index (χ4n) is 1.61. The fourth-order valence-corrected chi connectivity index (χ4v) is 2.64. The average Bonchev–Trinajstić information content (AvgIpc) is 2.46. The van der Waals surface area contributed by atoms with Gasteiger partial charge in [0, 0.05) is 16.1 Å². The molecule has 0 unspecified atom stereocenters. The predicted octanol–water partition coefficient (Wildman–Crippen LogP) is 2.65. The van der Waals surface area contributed by atoms with Gasteiger partial charge in [-0.2, -0.15) is 0 Å². The summed E-state index contributed by atoms with van der Waals surface area (Å²) < 4.78 is 26.1. The quantitative estimate of drug-likeness (QED) is 0.867. The molecule has 0 amide bonds. The van der Waals surface area contributed by atoms with Crippen molar-refractivity contribution in [3.63, 3.8) is 0 Å². The summed E-state index contributed by atoms with van der Waals surface area (Å²) in [7, 11) is -2.20. The second-order valence-electron chi connectivity index (χ2n) is 3.96. The highest BCUT2D eigenvalue weighted by molar-refractivity contribution is 7.89. The van der Waals surface area contributed by atoms with Crippen LogP contribution in [-0.2, 0) is 10.0 Å². The molecule has 0 aliphatic heterocycles. The molecule has 0 aromatic heterocycles. The van der Waals surface area contributed by atoms with E-state index in [0.717, 1.165) is 5.56 Å². The first-order valence-electron chi connectivity index (χ1n) is 5.83. The zero-order valence-corrected chi connectivity index (χ0v) is 12.3. The van der Waals surface area contributed by atoms with Crippen molar-refractivity contribution in [3.05, 3.63) is 64.7 Å². The van der Waals surface area contributed by atoms with E-state index in [4.69, 9.17) is 11.6 Å². The van der Waals surface area contributed by atoms with Gasteiger partial charge in [0.15, 0.2) is 0 Å². The van der Waals surface area contributed by atoms with Gasteiger partial charge in [-0.3, -0.25) is 0 Å². The molecule has 0 saturated heterocycles. The minimum absolute atomic E-state index is 0.118. The van der Waals surface area contributed by atoms with Crippen LogP contribution >= 0.6 is 11.6 Å². The van der Waals surface area contributed by atoms with Crippen LogP contribution in [0, 0.1) is 11.8 Å². The molecule has 2 aromatic rings. The summed E-state index contributed by atoms with van der Waals surface area (Å²) in [5.41, 5.74) is 1.18. The molecule has 2 rings (SSSR count). The molecule has 0 saturated carbocycles. The molecule has 0 bridgehead atoms. The van der Waals surface area contributed by atoms with Gasteiger partial charge in [-0.05, 0) is 37.4 Å². The van der Waals surface area contributed by atoms with E-state index in [1.54, 1.807) is 6.07 Å². The molecule has 102 valence electrons. The first-order chi connectivity index (χ1) is 9.53. The normalized spacial score (nSPS) is 10.7. The molecule has 0 heterocycles. The third-order valence-corrected chi connectivity index (χ3v) is 4.32. The van der Waals surface area contributed by atoms with Crippen LogP contribution in [0.5, 0.6) is 0 Å². The third-order valence-electron chi connectivity index (χ3n) is 2.62. The molecule has 20 heavy (non-hydrogen) atoms. The number of hydrogen-bond donors (Lipinski definition) is 1. The molecule has 0 aliphatic carbocycles. The van der Waals surface area contributed by atoms with Crippen LogP contribution in [0.4, 0.5) is 0 Å². The topological polar surface area (TPSA) is 46.2 Å². The van der Waals surface area contributed by atoms with Crippen molar-refractivity contribution >= 4 is 21.6 Å². The average molecular weight is 306 g/mol. The largest absolute Gasteiger partial charge is 0.241 e. The zero-order valence-electron chi connectivity index (χ0n) is 10.7. The van der Waals surface area contributed by atoms with Crippen LogP contribution in [0.1, 0.15) is 11.1 Å². The lowest BCUT2D eigenvalue weighted by atomic mass is 10.2. The maximum atomic E-state index is 11.9. The summed E-state index contributed by atoms with van der Waals surface area (Å²) in [6, 6.07) is 13.8. The van der Waals surface area contributed by atoms with Gasteiger partial charge >= 0.3 is 0 Å². The van der Waals surface area contributed by atoms with Gasteiger partial charge in [0.2, 0.25) is 10.0 Å². The van der Waals surface area contributed by atoms with E-state index in [1.807, 2.05) is 30.3 Å². The number of hydrogen-bond acceptors (Lipinski definition) is 2. The maximum absolute atomic E-state index is 11.9. The van der Waals surface area contributed by atoms with E-state index in [1.165, 1.54) is 19.2 Å². The van der Waals surface area contributed by atoms with Crippen LogP contribution in [-0.4, -0.2) is 15.5 Å². The summed E-state index contributed by atoms with van der Waals surface area (Å²) in [6.45, 7) is 0. The molecule has 2 aromatic carbocycles. The molecule has 0 spiro atoms. The number of nitrogens with one attached hydrogen (secondary N) is 1. The van der Waals surface area contributed by atoms with Crippen molar-refractivity contribution in [3.8, 4) is 11.8 Å². The van der Waals surface area contributed by atoms with Gasteiger partial charge in [-0.15, -0.1) is 0 Å². The van der Waals surface area contributed by atoms with Crippen molar-refractivity contribution in [2.45, 2.75) is 4.90 Å². The second kappa shape index (κ2) is 6.10. The van der Waals surface area contributed by atoms with Crippen LogP contribution in [0.15, 0.2) is 53.4 Å². The Morgan fingerprint density at radius 1 is 1.05 bits per heavy atom. The zero-order chi connectivity index (χ0) is 14.6. The lowest BCUT2D eigenvalue weighted by molar-refractivity contribution is 0.588. The molecule has 0 atom stereocenters. The Hall–Kier alpha value is -1.80. The molecular formula is C15H12ClNO2S. The highest BCUT2D eigenvalue weighted by Gasteiger charge is 2.15. The smallest absolute Gasteiger partial charge is 0.214 e. The lowest BCUT2D eigenvalue weighted by Crippen LogP contribution is -2.19. The Bertz CT molecular complexity index is 775. The minimum Gasteiger partial charge on any atom is -0.214 e. The molecule has 3 nitrogen and oxygen atoms in total. The van der Waals surface area contributed by atoms with Gasteiger partial charge in [-0.1, -0.05) is 41.6 Å². The van der Waals surface area contributed by atoms with E-state index in [-0.39, 0.29) is 4.90 Å². The van der Waals surface area contributed by atoms with Crippen molar-refractivity contribution in [1.29, 1.82) is 0 Å². The monoisotopic (exact) mass is 305 g/mol. The Kier molecular flexibility index (Phi) is 4.46. The SMILES string of the molecule is CNS(=O)(=O)c1ccc(Cl)cc1C#Cc1ccccc1. The summed E-state index contributed by atoms with van der Waals surface area (Å²) in [6.07, 6.45) is 0. The molecule has 0 fully saturated rings. The summed E-state index contributed by atoms with van der Waals surface area (Å²) >= 11 is 5.91. The van der Waals surface area contributed by atoms with Crippen molar-refractivity contribution in [1.82, 2.24) is 4.72 Å². The van der Waals surface area contributed by atoms with Crippen molar-refractivity contribution in [2.75, 3.05) is 7.05 Å². The van der Waals surface area contributed by atoms with Gasteiger partial charge in [0.05, 0.1) is 4.90 Å². The Balaban J connectivity index is 2.52. The van der Waals surface area contributed by atoms with Crippen LogP contribution < -0.4 is 4.72 Å². The fraction of sp³-hybridized carbons (Fsp3) is 0.0667. The highest BCUT2D eigenvalue weighted by Crippen LogP contribution is 2.19. The second-order valence-corrected chi connectivity index (χ2v) is 6.26. The van der Waals surface area contributed by atoms with E-state index in [2.05, 4.69) is 16.6 Å². The van der Waals surface area contributed by atoms with Gasteiger partial charge < -0.3 is 0 Å². The molecule has 5 heteroatoms. The van der Waals surface area contributed by atoms with Crippen molar-refractivity contribution in [2.24, 2.45) is 0 Å². The van der Waals surface area contributed by atoms with Crippen LogP contribution in [0.25, 0.3) is 0 Å². The molecule has 0 aliphatic rings. The Morgan fingerprint density at radius 2 is 1.75 bits per heavy atom. The van der Waals surface area contributed by atoms with Gasteiger partial charge in [0.25, 0.3) is 0 Å². The first-order valence-corrected chi connectivity index (χ1v) is 7.69. The van der Waals surface area contributed by atoms with E-state index in [9.17, 15) is 8.42 Å². The molecule has 1 N–H and O–H groups in total. The van der Waals surface area contributed by atoms with E-state index in [0.29, 0.717) is 10.6 Å². The van der Waals surface area contributed by atoms with Gasteiger partial charge in [-0.25, -0.2) is 13.1 Å². The van der Waals surface area contributed by atoms with Crippen LogP contribution in [0.3, 0.4) is 0 Å². The minimum atomic E-state index is -3.56. The molecular weight excluding hydrogens is 294 g/mol. The van der Waals surface area contributed by atoms with Gasteiger partial charge in [0.1, 0.15) is 0 Å². The summed E-state index contributed by atoms with van der Waals surface area (Å²) in [5, 5.41) is 0.442. The summed E-state index contributed by atoms with van der Waals surface area (Å²) in [5.74, 6) is 5.78. The lowest BCUT2D eigenvalue weighted by Gasteiger charge is -2.05. The first kappa shape index (κ1) is 14.6. The number of sulfonamides is 1. The predicted molar refractivity (Wildman–Crippen MR) is 80.1 cm³/mol. The summed E-state index contributed by atoms with van der Waals surface area (Å²) in [4.78, 5) is 0.118. The Morgan fingerprint density at radius 3 is 2.40 bits per heavy atom. The third kappa shape index (κ3) is 3.40. The Labute approximate surface area is 123 Å². The van der Waals surface area contributed by atoms with Crippen molar-refractivity contribution < 1.29 is 8.42 Å². The standard InChI is InChI=1S/C15H12ClNO2S/c1-17-20(18,19)15-10-9-14(16)11-13(15)8-7-12-5-3-2-4-6-12/h2-6,9-11,17H,1H3. The van der Waals surface area contributed by atoms with E-state index >= 15 is 0 Å². The van der Waals surface area contributed by atoms with Crippen LogP contribution in [0.2, 0.25) is 5.02 Å². The number of benzene rings is 2. The molecule has 0 radical (unpaired) electrons. The number of halogens is 1. The van der Waals surface area contributed by atoms with E-state index < -0.39 is 10.0 Å². The number of rotatable bonds is 2. The highest BCUT2D eigenvalue weighted by atomic mass is 35.5. The maximum Gasteiger partial charge on any atom is 0.241 e.